The Morgan fingerprint density at radius 1 is 1.32 bits per heavy atom. The van der Waals surface area contributed by atoms with Crippen LogP contribution < -0.4 is 10.1 Å². The van der Waals surface area contributed by atoms with E-state index in [1.807, 2.05) is 11.6 Å². The number of hydrogen-bond acceptors (Lipinski definition) is 6. The normalized spacial score (nSPS) is 12.1. The van der Waals surface area contributed by atoms with Gasteiger partial charge in [-0.2, -0.15) is 4.98 Å². The first-order chi connectivity index (χ1) is 9.33. The molecule has 2 aromatic heterocycles. The number of anilines is 1. The molecule has 0 fully saturated rings. The van der Waals surface area contributed by atoms with Crippen molar-refractivity contribution in [1.82, 2.24) is 15.0 Å². The molecule has 2 heterocycles. The Morgan fingerprint density at radius 2 is 2.21 bits per heavy atom. The summed E-state index contributed by atoms with van der Waals surface area (Å²) in [4.78, 5) is 12.9. The highest BCUT2D eigenvalue weighted by atomic mass is 32.1. The minimum absolute atomic E-state index is 0.140. The van der Waals surface area contributed by atoms with Gasteiger partial charge in [0.2, 0.25) is 11.8 Å². The van der Waals surface area contributed by atoms with E-state index in [0.29, 0.717) is 18.4 Å². The van der Waals surface area contributed by atoms with Crippen LogP contribution in [0.25, 0.3) is 0 Å². The van der Waals surface area contributed by atoms with Crippen molar-refractivity contribution in [2.24, 2.45) is 0 Å². The Balaban J connectivity index is 2.05. The van der Waals surface area contributed by atoms with Crippen LogP contribution in [0, 0.1) is 0 Å². The Hall–Kier alpha value is -1.69. The maximum Gasteiger partial charge on any atom is 0.226 e. The van der Waals surface area contributed by atoms with Crippen molar-refractivity contribution in [3.8, 4) is 5.88 Å². The van der Waals surface area contributed by atoms with E-state index in [-0.39, 0.29) is 6.04 Å². The second-order valence-corrected chi connectivity index (χ2v) is 4.97. The molecule has 0 aliphatic heterocycles. The van der Waals surface area contributed by atoms with Crippen LogP contribution >= 0.6 is 11.3 Å². The molecule has 0 saturated heterocycles. The summed E-state index contributed by atoms with van der Waals surface area (Å²) in [6.07, 6.45) is 5.40. The van der Waals surface area contributed by atoms with Gasteiger partial charge in [0, 0.05) is 23.8 Å². The van der Waals surface area contributed by atoms with Crippen LogP contribution in [0.4, 0.5) is 5.95 Å². The third kappa shape index (κ3) is 3.89. The largest absolute Gasteiger partial charge is 0.478 e. The average molecular weight is 278 g/mol. The molecule has 1 N–H and O–H groups in total. The van der Waals surface area contributed by atoms with Crippen molar-refractivity contribution >= 4 is 17.3 Å². The number of nitrogens with zero attached hydrogens (tertiary/aromatic N) is 3. The van der Waals surface area contributed by atoms with Crippen LogP contribution in [0.15, 0.2) is 23.8 Å². The molecule has 6 heteroatoms. The molecule has 102 valence electrons. The Morgan fingerprint density at radius 3 is 2.89 bits per heavy atom. The fourth-order valence-electron chi connectivity index (χ4n) is 1.60. The SMILES string of the molecule is CCCOc1ccnc(NC(CC)c2nccs2)n1. The number of hydrogen-bond donors (Lipinski definition) is 1. The average Bonchev–Trinajstić information content (AvgIpc) is 2.97. The van der Waals surface area contributed by atoms with Crippen LogP contribution in [-0.2, 0) is 0 Å². The summed E-state index contributed by atoms with van der Waals surface area (Å²) in [5, 5.41) is 6.31. The lowest BCUT2D eigenvalue weighted by molar-refractivity contribution is 0.305. The molecule has 0 spiro atoms. The lowest BCUT2D eigenvalue weighted by Crippen LogP contribution is -2.12. The van der Waals surface area contributed by atoms with E-state index in [9.17, 15) is 0 Å². The molecule has 0 aliphatic carbocycles. The highest BCUT2D eigenvalue weighted by Gasteiger charge is 2.13. The Labute approximate surface area is 117 Å². The van der Waals surface area contributed by atoms with Crippen molar-refractivity contribution < 1.29 is 4.74 Å². The molecule has 1 unspecified atom stereocenters. The van der Waals surface area contributed by atoms with E-state index in [1.165, 1.54) is 0 Å². The van der Waals surface area contributed by atoms with Gasteiger partial charge in [0.1, 0.15) is 5.01 Å². The summed E-state index contributed by atoms with van der Waals surface area (Å²) in [5.74, 6) is 1.18. The highest BCUT2D eigenvalue weighted by Crippen LogP contribution is 2.22. The first kappa shape index (κ1) is 13.7. The predicted molar refractivity (Wildman–Crippen MR) is 76.6 cm³/mol. The summed E-state index contributed by atoms with van der Waals surface area (Å²) < 4.78 is 5.50. The zero-order valence-corrected chi connectivity index (χ0v) is 12.0. The molecular weight excluding hydrogens is 260 g/mol. The van der Waals surface area contributed by atoms with Crippen molar-refractivity contribution in [2.45, 2.75) is 32.7 Å². The summed E-state index contributed by atoms with van der Waals surface area (Å²) in [5.41, 5.74) is 0. The molecule has 5 nitrogen and oxygen atoms in total. The minimum Gasteiger partial charge on any atom is -0.478 e. The first-order valence-electron chi connectivity index (χ1n) is 6.45. The number of nitrogens with one attached hydrogen (secondary N) is 1. The fraction of sp³-hybridized carbons (Fsp3) is 0.462. The smallest absolute Gasteiger partial charge is 0.226 e. The van der Waals surface area contributed by atoms with Gasteiger partial charge in [0.15, 0.2) is 0 Å². The minimum atomic E-state index is 0.140. The van der Waals surface area contributed by atoms with Gasteiger partial charge in [0.05, 0.1) is 12.6 Å². The molecule has 0 radical (unpaired) electrons. The maximum atomic E-state index is 5.50. The lowest BCUT2D eigenvalue weighted by atomic mass is 10.2. The molecule has 19 heavy (non-hydrogen) atoms. The molecule has 2 aromatic rings. The van der Waals surface area contributed by atoms with Gasteiger partial charge in [-0.1, -0.05) is 13.8 Å². The third-order valence-electron chi connectivity index (χ3n) is 2.55. The van der Waals surface area contributed by atoms with Crippen LogP contribution in [0.5, 0.6) is 5.88 Å². The second kappa shape index (κ2) is 7.04. The monoisotopic (exact) mass is 278 g/mol. The van der Waals surface area contributed by atoms with E-state index in [0.717, 1.165) is 17.8 Å². The Bertz CT molecular complexity index is 489. The summed E-state index contributed by atoms with van der Waals surface area (Å²) in [6.45, 7) is 4.84. The molecule has 0 aliphatic rings. The fourth-order valence-corrected chi connectivity index (χ4v) is 2.37. The maximum absolute atomic E-state index is 5.50. The van der Waals surface area contributed by atoms with Crippen LogP contribution in [-0.4, -0.2) is 21.6 Å². The van der Waals surface area contributed by atoms with Gasteiger partial charge in [-0.05, 0) is 12.8 Å². The van der Waals surface area contributed by atoms with E-state index >= 15 is 0 Å². The van der Waals surface area contributed by atoms with E-state index in [2.05, 4.69) is 34.1 Å². The zero-order chi connectivity index (χ0) is 13.5. The first-order valence-corrected chi connectivity index (χ1v) is 7.33. The molecule has 1 atom stereocenters. The van der Waals surface area contributed by atoms with E-state index < -0.39 is 0 Å². The topological polar surface area (TPSA) is 59.9 Å². The molecule has 0 saturated carbocycles. The van der Waals surface area contributed by atoms with Gasteiger partial charge in [0.25, 0.3) is 0 Å². The Kier molecular flexibility index (Phi) is 5.09. The lowest BCUT2D eigenvalue weighted by Gasteiger charge is -2.14. The van der Waals surface area contributed by atoms with Gasteiger partial charge in [-0.25, -0.2) is 9.97 Å². The molecular formula is C13H18N4OS. The quantitative estimate of drug-likeness (QED) is 0.842. The molecule has 0 amide bonds. The predicted octanol–water partition coefficient (Wildman–Crippen LogP) is 3.29. The van der Waals surface area contributed by atoms with Gasteiger partial charge >= 0.3 is 0 Å². The number of aromatic nitrogens is 3. The second-order valence-electron chi connectivity index (χ2n) is 4.04. The van der Waals surface area contributed by atoms with Gasteiger partial charge in [-0.3, -0.25) is 0 Å². The summed E-state index contributed by atoms with van der Waals surface area (Å²) >= 11 is 1.63. The zero-order valence-electron chi connectivity index (χ0n) is 11.2. The standard InChI is InChI=1S/C13H18N4OS/c1-3-8-18-11-5-6-15-13(17-11)16-10(4-2)12-14-7-9-19-12/h5-7,9-10H,3-4,8H2,1-2H3,(H,15,16,17). The highest BCUT2D eigenvalue weighted by molar-refractivity contribution is 7.09. The van der Waals surface area contributed by atoms with E-state index in [4.69, 9.17) is 4.74 Å². The molecule has 0 aromatic carbocycles. The molecule has 2 rings (SSSR count). The van der Waals surface area contributed by atoms with Crippen LogP contribution in [0.3, 0.4) is 0 Å². The van der Waals surface area contributed by atoms with Crippen molar-refractivity contribution in [3.05, 3.63) is 28.8 Å². The summed E-state index contributed by atoms with van der Waals surface area (Å²) in [7, 11) is 0. The van der Waals surface area contributed by atoms with Crippen molar-refractivity contribution in [2.75, 3.05) is 11.9 Å². The third-order valence-corrected chi connectivity index (χ3v) is 3.43. The molecule has 0 bridgehead atoms. The van der Waals surface area contributed by atoms with Crippen molar-refractivity contribution in [3.63, 3.8) is 0 Å². The number of ether oxygens (including phenoxy) is 1. The van der Waals surface area contributed by atoms with Crippen molar-refractivity contribution in [1.29, 1.82) is 0 Å². The number of rotatable bonds is 7. The number of thiazole rings is 1. The van der Waals surface area contributed by atoms with Crippen LogP contribution in [0.1, 0.15) is 37.7 Å². The van der Waals surface area contributed by atoms with Crippen LogP contribution in [0.2, 0.25) is 0 Å². The summed E-state index contributed by atoms with van der Waals surface area (Å²) in [6, 6.07) is 1.91. The van der Waals surface area contributed by atoms with E-state index in [1.54, 1.807) is 23.6 Å². The van der Waals surface area contributed by atoms with Gasteiger partial charge in [-0.15, -0.1) is 11.3 Å². The van der Waals surface area contributed by atoms with Gasteiger partial charge < -0.3 is 10.1 Å².